The average molecular weight is 278 g/mol. The van der Waals surface area contributed by atoms with Crippen LogP contribution < -0.4 is 10.0 Å². The third-order valence-corrected chi connectivity index (χ3v) is 4.21. The van der Waals surface area contributed by atoms with E-state index in [2.05, 4.69) is 16.0 Å². The summed E-state index contributed by atoms with van der Waals surface area (Å²) in [6, 6.07) is 5.81. The van der Waals surface area contributed by atoms with Gasteiger partial charge in [-0.15, -0.1) is 6.42 Å². The minimum Gasteiger partial charge on any atom is -0.341 e. The van der Waals surface area contributed by atoms with Crippen molar-refractivity contribution in [3.8, 4) is 12.3 Å². The first-order valence-electron chi connectivity index (χ1n) is 5.87. The summed E-state index contributed by atoms with van der Waals surface area (Å²) < 4.78 is 26.4. The fraction of sp³-hybridized carbons (Fsp3) is 0.308. The molecule has 0 aromatic heterocycles. The van der Waals surface area contributed by atoms with Crippen LogP contribution >= 0.6 is 0 Å². The summed E-state index contributed by atoms with van der Waals surface area (Å²) in [7, 11) is -3.47. The molecule has 1 aliphatic carbocycles. The highest BCUT2D eigenvalue weighted by atomic mass is 32.2. The molecule has 2 N–H and O–H groups in total. The number of sulfonamides is 1. The van der Waals surface area contributed by atoms with Gasteiger partial charge in [0.2, 0.25) is 10.0 Å². The number of hydrogen-bond donors (Lipinski definition) is 2. The van der Waals surface area contributed by atoms with Crippen molar-refractivity contribution in [2.45, 2.75) is 23.8 Å². The van der Waals surface area contributed by atoms with Gasteiger partial charge in [-0.25, -0.2) is 13.1 Å². The van der Waals surface area contributed by atoms with E-state index in [0.717, 1.165) is 12.8 Å². The molecule has 1 saturated carbocycles. The maximum Gasteiger partial charge on any atom is 0.252 e. The second-order valence-electron chi connectivity index (χ2n) is 4.31. The van der Waals surface area contributed by atoms with Crippen molar-refractivity contribution in [2.24, 2.45) is 0 Å². The van der Waals surface area contributed by atoms with Crippen LogP contribution in [0.4, 0.5) is 0 Å². The monoisotopic (exact) mass is 278 g/mol. The van der Waals surface area contributed by atoms with Crippen LogP contribution in [0.1, 0.15) is 23.2 Å². The zero-order chi connectivity index (χ0) is 13.9. The number of amides is 1. The van der Waals surface area contributed by atoms with Crippen molar-refractivity contribution in [3.05, 3.63) is 29.8 Å². The van der Waals surface area contributed by atoms with Crippen molar-refractivity contribution in [2.75, 3.05) is 6.54 Å². The molecule has 0 atom stereocenters. The minimum atomic E-state index is -3.47. The molecule has 1 amide bonds. The summed E-state index contributed by atoms with van der Waals surface area (Å²) in [5.41, 5.74) is 0.376. The molecule has 0 saturated heterocycles. The molecule has 5 nitrogen and oxygen atoms in total. The Morgan fingerprint density at radius 2 is 1.95 bits per heavy atom. The van der Waals surface area contributed by atoms with E-state index in [1.54, 1.807) is 0 Å². The van der Waals surface area contributed by atoms with E-state index in [4.69, 9.17) is 6.42 Å². The van der Waals surface area contributed by atoms with Gasteiger partial charge < -0.3 is 5.32 Å². The molecule has 0 bridgehead atoms. The second kappa shape index (κ2) is 5.43. The second-order valence-corrected chi connectivity index (χ2v) is 6.02. The maximum absolute atomic E-state index is 11.9. The van der Waals surface area contributed by atoms with Gasteiger partial charge in [0.05, 0.1) is 11.4 Å². The SMILES string of the molecule is C#CCNC(=O)c1ccc(S(=O)(=O)NC2CC2)cc1. The average Bonchev–Trinajstić information content (AvgIpc) is 3.19. The topological polar surface area (TPSA) is 75.3 Å². The van der Waals surface area contributed by atoms with Gasteiger partial charge in [0.25, 0.3) is 5.91 Å². The standard InChI is InChI=1S/C13H14N2O3S/c1-2-9-14-13(16)10-3-7-12(8-4-10)19(17,18)15-11-5-6-11/h1,3-4,7-8,11,15H,5-6,9H2,(H,14,16). The molecule has 1 aromatic rings. The van der Waals surface area contributed by atoms with Crippen molar-refractivity contribution in [1.82, 2.24) is 10.0 Å². The number of rotatable bonds is 5. The Kier molecular flexibility index (Phi) is 3.88. The fourth-order valence-electron chi connectivity index (χ4n) is 1.51. The summed E-state index contributed by atoms with van der Waals surface area (Å²) in [5, 5.41) is 2.51. The quantitative estimate of drug-likeness (QED) is 0.770. The third-order valence-electron chi connectivity index (χ3n) is 2.68. The van der Waals surface area contributed by atoms with Crippen molar-refractivity contribution in [3.63, 3.8) is 0 Å². The summed E-state index contributed by atoms with van der Waals surface area (Å²) in [6.07, 6.45) is 6.80. The lowest BCUT2D eigenvalue weighted by molar-refractivity contribution is 0.0958. The summed E-state index contributed by atoms with van der Waals surface area (Å²) in [5.74, 6) is 1.97. The van der Waals surface area contributed by atoms with E-state index in [-0.39, 0.29) is 23.4 Å². The van der Waals surface area contributed by atoms with Crippen molar-refractivity contribution >= 4 is 15.9 Å². The Morgan fingerprint density at radius 3 is 2.47 bits per heavy atom. The molecule has 0 unspecified atom stereocenters. The molecule has 100 valence electrons. The van der Waals surface area contributed by atoms with E-state index >= 15 is 0 Å². The van der Waals surface area contributed by atoms with Crippen LogP contribution in [0.15, 0.2) is 29.2 Å². The highest BCUT2D eigenvalue weighted by molar-refractivity contribution is 7.89. The van der Waals surface area contributed by atoms with E-state index < -0.39 is 10.0 Å². The molecule has 6 heteroatoms. The van der Waals surface area contributed by atoms with Gasteiger partial charge in [-0.2, -0.15) is 0 Å². The van der Waals surface area contributed by atoms with Crippen LogP contribution in [0.3, 0.4) is 0 Å². The maximum atomic E-state index is 11.9. The molecule has 19 heavy (non-hydrogen) atoms. The predicted octanol–water partition coefficient (Wildman–Crippen LogP) is 0.490. The van der Waals surface area contributed by atoms with Crippen LogP contribution in [-0.2, 0) is 10.0 Å². The van der Waals surface area contributed by atoms with Crippen LogP contribution in [0, 0.1) is 12.3 Å². The number of hydrogen-bond acceptors (Lipinski definition) is 3. The van der Waals surface area contributed by atoms with Crippen molar-refractivity contribution < 1.29 is 13.2 Å². The fourth-order valence-corrected chi connectivity index (χ4v) is 2.81. The molecule has 2 rings (SSSR count). The van der Waals surface area contributed by atoms with Gasteiger partial charge in [-0.05, 0) is 37.1 Å². The first-order chi connectivity index (χ1) is 9.03. The molecular formula is C13H14N2O3S. The molecule has 0 aliphatic heterocycles. The zero-order valence-corrected chi connectivity index (χ0v) is 11.0. The lowest BCUT2D eigenvalue weighted by Gasteiger charge is -2.06. The number of terminal acetylenes is 1. The summed E-state index contributed by atoms with van der Waals surface area (Å²) >= 11 is 0. The van der Waals surface area contributed by atoms with E-state index in [9.17, 15) is 13.2 Å². The van der Waals surface area contributed by atoms with E-state index in [1.807, 2.05) is 0 Å². The van der Waals surface area contributed by atoms with Gasteiger partial charge in [0.15, 0.2) is 0 Å². The van der Waals surface area contributed by atoms with Gasteiger partial charge in [-0.1, -0.05) is 5.92 Å². The van der Waals surface area contributed by atoms with Gasteiger partial charge >= 0.3 is 0 Å². The minimum absolute atomic E-state index is 0.0589. The van der Waals surface area contributed by atoms with Crippen molar-refractivity contribution in [1.29, 1.82) is 0 Å². The smallest absolute Gasteiger partial charge is 0.252 e. The molecule has 1 aliphatic rings. The summed E-state index contributed by atoms with van der Waals surface area (Å²) in [6.45, 7) is 0.141. The third kappa shape index (κ3) is 3.56. The Bertz CT molecular complexity index is 610. The first kappa shape index (κ1) is 13.6. The molecule has 1 aromatic carbocycles. The Balaban J connectivity index is 2.09. The van der Waals surface area contributed by atoms with Crippen LogP contribution in [-0.4, -0.2) is 26.9 Å². The lowest BCUT2D eigenvalue weighted by Crippen LogP contribution is -2.26. The highest BCUT2D eigenvalue weighted by Crippen LogP contribution is 2.22. The van der Waals surface area contributed by atoms with E-state index in [1.165, 1.54) is 24.3 Å². The Morgan fingerprint density at radius 1 is 1.32 bits per heavy atom. The molecule has 0 spiro atoms. The Labute approximate surface area is 112 Å². The van der Waals surface area contributed by atoms with E-state index in [0.29, 0.717) is 5.56 Å². The highest BCUT2D eigenvalue weighted by Gasteiger charge is 2.27. The van der Waals surface area contributed by atoms with Gasteiger partial charge in [-0.3, -0.25) is 4.79 Å². The Hall–Kier alpha value is -1.84. The molecule has 1 fully saturated rings. The zero-order valence-electron chi connectivity index (χ0n) is 10.2. The number of benzene rings is 1. The number of nitrogens with one attached hydrogen (secondary N) is 2. The van der Waals surface area contributed by atoms with Gasteiger partial charge in [0.1, 0.15) is 0 Å². The molecular weight excluding hydrogens is 264 g/mol. The molecule has 0 heterocycles. The normalized spacial score (nSPS) is 14.7. The van der Waals surface area contributed by atoms with Crippen LogP contribution in [0.5, 0.6) is 0 Å². The number of carbonyl (C=O) groups excluding carboxylic acids is 1. The van der Waals surface area contributed by atoms with Crippen LogP contribution in [0.25, 0.3) is 0 Å². The first-order valence-corrected chi connectivity index (χ1v) is 7.35. The van der Waals surface area contributed by atoms with Crippen LogP contribution in [0.2, 0.25) is 0 Å². The molecule has 0 radical (unpaired) electrons. The number of carbonyl (C=O) groups is 1. The van der Waals surface area contributed by atoms with Gasteiger partial charge in [0, 0.05) is 11.6 Å². The lowest BCUT2D eigenvalue weighted by atomic mass is 10.2. The predicted molar refractivity (Wildman–Crippen MR) is 71.0 cm³/mol. The largest absolute Gasteiger partial charge is 0.341 e. The summed E-state index contributed by atoms with van der Waals surface area (Å²) in [4.78, 5) is 11.7.